The van der Waals surface area contributed by atoms with E-state index >= 15 is 0 Å². The minimum absolute atomic E-state index is 0.0704. The molecule has 0 bridgehead atoms. The zero-order valence-electron chi connectivity index (χ0n) is 14.7. The molecule has 138 valence electrons. The highest BCUT2D eigenvalue weighted by Crippen LogP contribution is 2.26. The van der Waals surface area contributed by atoms with Crippen LogP contribution in [-0.2, 0) is 16.1 Å². The number of halogens is 1. The van der Waals surface area contributed by atoms with Crippen molar-refractivity contribution in [2.75, 3.05) is 10.6 Å². The quantitative estimate of drug-likeness (QED) is 0.704. The number of aromatic nitrogens is 4. The summed E-state index contributed by atoms with van der Waals surface area (Å²) >= 11 is 6.16. The molecule has 0 aliphatic carbocycles. The maximum Gasteiger partial charge on any atom is 0.248 e. The molecule has 0 atom stereocenters. The van der Waals surface area contributed by atoms with Crippen molar-refractivity contribution >= 4 is 34.8 Å². The standard InChI is InChI=1S/C18H17ClN6O2/c1-11-5-3-4-6-15(11)21-17(27)10-25-23-18(22-24-25)13-7-8-16(14(19)9-13)20-12(2)26/h3-9H,10H2,1-2H3,(H,20,26)(H,21,27). The van der Waals surface area contributed by atoms with E-state index in [0.717, 1.165) is 11.3 Å². The summed E-state index contributed by atoms with van der Waals surface area (Å²) in [6, 6.07) is 12.5. The Bertz CT molecular complexity index is 1000. The maximum absolute atomic E-state index is 12.2. The van der Waals surface area contributed by atoms with E-state index in [4.69, 9.17) is 11.6 Å². The Balaban J connectivity index is 1.69. The molecule has 0 saturated heterocycles. The highest BCUT2D eigenvalue weighted by atomic mass is 35.5. The number of hydrogen-bond donors (Lipinski definition) is 2. The average Bonchev–Trinajstić information content (AvgIpc) is 3.07. The number of anilines is 2. The fraction of sp³-hybridized carbons (Fsp3) is 0.167. The number of rotatable bonds is 5. The lowest BCUT2D eigenvalue weighted by Crippen LogP contribution is -2.20. The van der Waals surface area contributed by atoms with Gasteiger partial charge in [0.25, 0.3) is 0 Å². The van der Waals surface area contributed by atoms with Gasteiger partial charge in [0.05, 0.1) is 10.7 Å². The van der Waals surface area contributed by atoms with Gasteiger partial charge in [-0.3, -0.25) is 9.59 Å². The first-order valence-corrected chi connectivity index (χ1v) is 8.51. The smallest absolute Gasteiger partial charge is 0.248 e. The first-order valence-electron chi connectivity index (χ1n) is 8.13. The summed E-state index contributed by atoms with van der Waals surface area (Å²) in [5.74, 6) is -0.143. The van der Waals surface area contributed by atoms with Crippen LogP contribution in [0.15, 0.2) is 42.5 Å². The summed E-state index contributed by atoms with van der Waals surface area (Å²) in [5.41, 5.74) is 2.83. The van der Waals surface area contributed by atoms with Crippen molar-refractivity contribution in [2.24, 2.45) is 0 Å². The number of para-hydroxylation sites is 1. The summed E-state index contributed by atoms with van der Waals surface area (Å²) in [6.07, 6.45) is 0. The number of carbonyl (C=O) groups is 2. The maximum atomic E-state index is 12.2. The lowest BCUT2D eigenvalue weighted by atomic mass is 10.2. The normalized spacial score (nSPS) is 10.5. The highest BCUT2D eigenvalue weighted by Gasteiger charge is 2.12. The van der Waals surface area contributed by atoms with Crippen molar-refractivity contribution < 1.29 is 9.59 Å². The summed E-state index contributed by atoms with van der Waals surface area (Å²) < 4.78 is 0. The molecule has 0 aliphatic heterocycles. The molecule has 0 radical (unpaired) electrons. The molecule has 3 rings (SSSR count). The van der Waals surface area contributed by atoms with E-state index in [1.165, 1.54) is 11.7 Å². The number of amides is 2. The molecule has 2 amide bonds. The van der Waals surface area contributed by atoms with Crippen molar-refractivity contribution in [2.45, 2.75) is 20.4 Å². The molecule has 27 heavy (non-hydrogen) atoms. The molecule has 0 aliphatic rings. The van der Waals surface area contributed by atoms with Crippen molar-refractivity contribution in [3.8, 4) is 11.4 Å². The zero-order chi connectivity index (χ0) is 19.4. The second-order valence-electron chi connectivity index (χ2n) is 5.88. The molecule has 2 aromatic carbocycles. The molecule has 0 fully saturated rings. The number of nitrogens with one attached hydrogen (secondary N) is 2. The van der Waals surface area contributed by atoms with Gasteiger partial charge in [0.15, 0.2) is 0 Å². The van der Waals surface area contributed by atoms with E-state index < -0.39 is 0 Å². The van der Waals surface area contributed by atoms with Gasteiger partial charge in [-0.15, -0.1) is 10.2 Å². The summed E-state index contributed by atoms with van der Waals surface area (Å²) in [7, 11) is 0. The number of benzene rings is 2. The Labute approximate surface area is 160 Å². The summed E-state index contributed by atoms with van der Waals surface area (Å²) in [6.45, 7) is 3.24. The first-order chi connectivity index (χ1) is 12.9. The van der Waals surface area contributed by atoms with E-state index in [9.17, 15) is 9.59 Å². The number of nitrogens with zero attached hydrogens (tertiary/aromatic N) is 4. The first kappa shape index (κ1) is 18.5. The van der Waals surface area contributed by atoms with Crippen LogP contribution in [0.2, 0.25) is 5.02 Å². The Morgan fingerprint density at radius 1 is 1.11 bits per heavy atom. The minimum atomic E-state index is -0.257. The third kappa shape index (κ3) is 4.68. The predicted octanol–water partition coefficient (Wildman–Crippen LogP) is 2.90. The minimum Gasteiger partial charge on any atom is -0.325 e. The number of hydrogen-bond acceptors (Lipinski definition) is 5. The number of carbonyl (C=O) groups excluding carboxylic acids is 2. The van der Waals surface area contributed by atoms with Crippen molar-refractivity contribution in [1.82, 2.24) is 20.2 Å². The Morgan fingerprint density at radius 2 is 1.89 bits per heavy atom. The summed E-state index contributed by atoms with van der Waals surface area (Å²) in [4.78, 5) is 24.5. The van der Waals surface area contributed by atoms with Crippen LogP contribution in [0.25, 0.3) is 11.4 Å². The Morgan fingerprint density at radius 3 is 2.59 bits per heavy atom. The third-order valence-electron chi connectivity index (χ3n) is 3.70. The van der Waals surface area contributed by atoms with Crippen LogP contribution in [0.5, 0.6) is 0 Å². The van der Waals surface area contributed by atoms with Crippen LogP contribution in [0.1, 0.15) is 12.5 Å². The molecule has 9 heteroatoms. The van der Waals surface area contributed by atoms with Crippen LogP contribution in [0, 0.1) is 6.92 Å². The van der Waals surface area contributed by atoms with Gasteiger partial charge in [0.1, 0.15) is 6.54 Å². The molecule has 0 unspecified atom stereocenters. The van der Waals surface area contributed by atoms with E-state index in [1.807, 2.05) is 31.2 Å². The van der Waals surface area contributed by atoms with Crippen LogP contribution < -0.4 is 10.6 Å². The summed E-state index contributed by atoms with van der Waals surface area (Å²) in [5, 5.41) is 17.9. The second-order valence-corrected chi connectivity index (χ2v) is 6.29. The molecular weight excluding hydrogens is 368 g/mol. The molecule has 1 aromatic heterocycles. The van der Waals surface area contributed by atoms with Crippen LogP contribution >= 0.6 is 11.6 Å². The molecule has 0 spiro atoms. The largest absolute Gasteiger partial charge is 0.325 e. The number of tetrazole rings is 1. The SMILES string of the molecule is CC(=O)Nc1ccc(-c2nnn(CC(=O)Nc3ccccc3C)n2)cc1Cl. The van der Waals surface area contributed by atoms with Gasteiger partial charge < -0.3 is 10.6 Å². The Hall–Kier alpha value is -3.26. The van der Waals surface area contributed by atoms with Crippen LogP contribution in [0.4, 0.5) is 11.4 Å². The van der Waals surface area contributed by atoms with Gasteiger partial charge in [-0.05, 0) is 42.0 Å². The van der Waals surface area contributed by atoms with Gasteiger partial charge in [-0.2, -0.15) is 4.80 Å². The monoisotopic (exact) mass is 384 g/mol. The molecule has 0 saturated carbocycles. The van der Waals surface area contributed by atoms with Crippen LogP contribution in [-0.4, -0.2) is 32.0 Å². The molecule has 3 aromatic rings. The van der Waals surface area contributed by atoms with Gasteiger partial charge in [0.2, 0.25) is 17.6 Å². The molecule has 2 N–H and O–H groups in total. The Kier molecular flexibility index (Phi) is 5.46. The van der Waals surface area contributed by atoms with Crippen molar-refractivity contribution in [3.05, 3.63) is 53.1 Å². The lowest BCUT2D eigenvalue weighted by Gasteiger charge is -2.07. The van der Waals surface area contributed by atoms with Gasteiger partial charge in [0, 0.05) is 18.2 Å². The van der Waals surface area contributed by atoms with Crippen molar-refractivity contribution in [3.63, 3.8) is 0 Å². The molecule has 8 nitrogen and oxygen atoms in total. The molecule has 1 heterocycles. The second kappa shape index (κ2) is 7.96. The lowest BCUT2D eigenvalue weighted by molar-refractivity contribution is -0.117. The van der Waals surface area contributed by atoms with Gasteiger partial charge >= 0.3 is 0 Å². The fourth-order valence-corrected chi connectivity index (χ4v) is 2.63. The van der Waals surface area contributed by atoms with Gasteiger partial charge in [-0.25, -0.2) is 0 Å². The average molecular weight is 385 g/mol. The van der Waals surface area contributed by atoms with E-state index in [0.29, 0.717) is 22.1 Å². The highest BCUT2D eigenvalue weighted by molar-refractivity contribution is 6.34. The topological polar surface area (TPSA) is 102 Å². The van der Waals surface area contributed by atoms with E-state index in [-0.39, 0.29) is 18.4 Å². The predicted molar refractivity (Wildman–Crippen MR) is 102 cm³/mol. The molecular formula is C18H17ClN6O2. The van der Waals surface area contributed by atoms with Gasteiger partial charge in [-0.1, -0.05) is 29.8 Å². The van der Waals surface area contributed by atoms with E-state index in [2.05, 4.69) is 26.0 Å². The zero-order valence-corrected chi connectivity index (χ0v) is 15.5. The number of aryl methyl sites for hydroxylation is 1. The van der Waals surface area contributed by atoms with Crippen molar-refractivity contribution in [1.29, 1.82) is 0 Å². The van der Waals surface area contributed by atoms with E-state index in [1.54, 1.807) is 18.2 Å². The van der Waals surface area contributed by atoms with Crippen LogP contribution in [0.3, 0.4) is 0 Å². The fourth-order valence-electron chi connectivity index (χ4n) is 2.40. The third-order valence-corrected chi connectivity index (χ3v) is 4.01.